The number of ether oxygens (including phenoxy) is 1. The Labute approximate surface area is 146 Å². The lowest BCUT2D eigenvalue weighted by atomic mass is 10.1. The fraction of sp³-hybridized carbons (Fsp3) is 0.0952. The van der Waals surface area contributed by atoms with Crippen LogP contribution in [0.4, 0.5) is 0 Å². The highest BCUT2D eigenvalue weighted by molar-refractivity contribution is 6.30. The number of aryl methyl sites for hydroxylation is 1. The molecule has 0 atom stereocenters. The van der Waals surface area contributed by atoms with Crippen LogP contribution in [0.25, 0.3) is 11.1 Å². The van der Waals surface area contributed by atoms with E-state index >= 15 is 0 Å². The van der Waals surface area contributed by atoms with E-state index in [2.05, 4.69) is 0 Å². The summed E-state index contributed by atoms with van der Waals surface area (Å²) in [5, 5.41) is 0.694. The topological polar surface area (TPSA) is 26.3 Å². The number of carbonyl (C=O) groups is 1. The van der Waals surface area contributed by atoms with Crippen molar-refractivity contribution in [2.24, 2.45) is 0 Å². The SMILES string of the molecule is O=C(CCc1ccc(Cl)cc1)Oc1ccc(-c2ccccc2)cc1. The molecule has 0 fully saturated rings. The molecule has 3 aromatic carbocycles. The maximum Gasteiger partial charge on any atom is 0.311 e. The van der Waals surface area contributed by atoms with Gasteiger partial charge in [0.1, 0.15) is 5.75 Å². The molecule has 24 heavy (non-hydrogen) atoms. The maximum absolute atomic E-state index is 12.0. The van der Waals surface area contributed by atoms with Gasteiger partial charge in [0.15, 0.2) is 0 Å². The van der Waals surface area contributed by atoms with Crippen LogP contribution >= 0.6 is 11.6 Å². The van der Waals surface area contributed by atoms with Crippen molar-refractivity contribution >= 4 is 17.6 Å². The lowest BCUT2D eigenvalue weighted by Crippen LogP contribution is -2.08. The van der Waals surface area contributed by atoms with Gasteiger partial charge in [-0.3, -0.25) is 4.79 Å². The lowest BCUT2D eigenvalue weighted by molar-refractivity contribution is -0.134. The molecule has 3 heteroatoms. The number of carbonyl (C=O) groups excluding carboxylic acids is 1. The zero-order chi connectivity index (χ0) is 16.8. The van der Waals surface area contributed by atoms with Crippen LogP contribution in [-0.2, 0) is 11.2 Å². The van der Waals surface area contributed by atoms with Gasteiger partial charge in [0.25, 0.3) is 0 Å². The normalized spacial score (nSPS) is 10.4. The van der Waals surface area contributed by atoms with Crippen molar-refractivity contribution in [3.63, 3.8) is 0 Å². The van der Waals surface area contributed by atoms with Crippen LogP contribution in [0.3, 0.4) is 0 Å². The Bertz CT molecular complexity index is 794. The van der Waals surface area contributed by atoms with Gasteiger partial charge in [-0.1, -0.05) is 66.2 Å². The van der Waals surface area contributed by atoms with Gasteiger partial charge >= 0.3 is 5.97 Å². The van der Waals surface area contributed by atoms with Crippen LogP contribution in [0.5, 0.6) is 5.75 Å². The molecule has 0 heterocycles. The largest absolute Gasteiger partial charge is 0.427 e. The molecule has 3 rings (SSSR count). The molecule has 0 saturated heterocycles. The van der Waals surface area contributed by atoms with E-state index in [9.17, 15) is 4.79 Å². The van der Waals surface area contributed by atoms with Gasteiger partial charge in [-0.25, -0.2) is 0 Å². The van der Waals surface area contributed by atoms with Crippen molar-refractivity contribution in [1.82, 2.24) is 0 Å². The first-order chi connectivity index (χ1) is 11.7. The maximum atomic E-state index is 12.0. The Morgan fingerprint density at radius 2 is 1.42 bits per heavy atom. The van der Waals surface area contributed by atoms with Gasteiger partial charge in [-0.2, -0.15) is 0 Å². The Morgan fingerprint density at radius 1 is 0.792 bits per heavy atom. The quantitative estimate of drug-likeness (QED) is 0.451. The van der Waals surface area contributed by atoms with Crippen molar-refractivity contribution in [2.45, 2.75) is 12.8 Å². The minimum Gasteiger partial charge on any atom is -0.427 e. The van der Waals surface area contributed by atoms with Gasteiger partial charge in [-0.05, 0) is 47.4 Å². The van der Waals surface area contributed by atoms with Crippen molar-refractivity contribution in [2.75, 3.05) is 0 Å². The summed E-state index contributed by atoms with van der Waals surface area (Å²) in [6.45, 7) is 0. The fourth-order valence-corrected chi connectivity index (χ4v) is 2.55. The van der Waals surface area contributed by atoms with Crippen molar-refractivity contribution in [1.29, 1.82) is 0 Å². The third kappa shape index (κ3) is 4.46. The minimum absolute atomic E-state index is 0.239. The van der Waals surface area contributed by atoms with Gasteiger partial charge in [0.05, 0.1) is 0 Å². The standard InChI is InChI=1S/C21H17ClO2/c22-19-11-6-16(7-12-19)8-15-21(23)24-20-13-9-18(10-14-20)17-4-2-1-3-5-17/h1-7,9-14H,8,15H2. The monoisotopic (exact) mass is 336 g/mol. The first kappa shape index (κ1) is 16.3. The van der Waals surface area contributed by atoms with Crippen molar-refractivity contribution in [3.8, 4) is 16.9 Å². The minimum atomic E-state index is -0.239. The van der Waals surface area contributed by atoms with Crippen LogP contribution in [0.1, 0.15) is 12.0 Å². The highest BCUT2D eigenvalue weighted by Crippen LogP contribution is 2.22. The summed E-state index contributed by atoms with van der Waals surface area (Å²) in [6, 6.07) is 25.1. The van der Waals surface area contributed by atoms with E-state index in [1.54, 1.807) is 0 Å². The lowest BCUT2D eigenvalue weighted by Gasteiger charge is -2.06. The smallest absolute Gasteiger partial charge is 0.311 e. The van der Waals surface area contributed by atoms with Gasteiger partial charge in [-0.15, -0.1) is 0 Å². The Morgan fingerprint density at radius 3 is 2.08 bits per heavy atom. The highest BCUT2D eigenvalue weighted by Gasteiger charge is 2.06. The van der Waals surface area contributed by atoms with Gasteiger partial charge in [0, 0.05) is 11.4 Å². The van der Waals surface area contributed by atoms with Crippen molar-refractivity contribution < 1.29 is 9.53 Å². The van der Waals surface area contributed by atoms with E-state index in [0.717, 1.165) is 16.7 Å². The van der Waals surface area contributed by atoms with E-state index in [0.29, 0.717) is 23.6 Å². The molecular weight excluding hydrogens is 320 g/mol. The number of hydrogen-bond acceptors (Lipinski definition) is 2. The molecule has 0 bridgehead atoms. The predicted molar refractivity (Wildman–Crippen MR) is 97.3 cm³/mol. The molecule has 0 amide bonds. The fourth-order valence-electron chi connectivity index (χ4n) is 2.43. The van der Waals surface area contributed by atoms with Crippen LogP contribution in [-0.4, -0.2) is 5.97 Å². The van der Waals surface area contributed by atoms with E-state index in [-0.39, 0.29) is 5.97 Å². The Kier molecular flexibility index (Phi) is 5.29. The number of halogens is 1. The Balaban J connectivity index is 1.55. The summed E-state index contributed by atoms with van der Waals surface area (Å²) in [5.74, 6) is 0.327. The molecule has 0 N–H and O–H groups in total. The molecule has 0 unspecified atom stereocenters. The molecule has 0 radical (unpaired) electrons. The first-order valence-corrected chi connectivity index (χ1v) is 8.19. The van der Waals surface area contributed by atoms with Crippen LogP contribution < -0.4 is 4.74 Å². The molecule has 120 valence electrons. The number of esters is 1. The molecule has 0 aliphatic rings. The van der Waals surface area contributed by atoms with Crippen molar-refractivity contribution in [3.05, 3.63) is 89.4 Å². The summed E-state index contributed by atoms with van der Waals surface area (Å²) >= 11 is 5.85. The second-order valence-corrected chi connectivity index (χ2v) is 5.93. The van der Waals surface area contributed by atoms with E-state index in [4.69, 9.17) is 16.3 Å². The van der Waals surface area contributed by atoms with Gasteiger partial charge < -0.3 is 4.74 Å². The number of rotatable bonds is 5. The summed E-state index contributed by atoms with van der Waals surface area (Å²) < 4.78 is 5.39. The molecule has 0 aliphatic heterocycles. The third-order valence-electron chi connectivity index (χ3n) is 3.72. The molecule has 0 aromatic heterocycles. The number of hydrogen-bond donors (Lipinski definition) is 0. The second kappa shape index (κ2) is 7.80. The molecular formula is C21H17ClO2. The summed E-state index contributed by atoms with van der Waals surface area (Å²) in [4.78, 5) is 12.0. The molecule has 0 spiro atoms. The molecule has 2 nitrogen and oxygen atoms in total. The average molecular weight is 337 g/mol. The second-order valence-electron chi connectivity index (χ2n) is 5.49. The average Bonchev–Trinajstić information content (AvgIpc) is 2.63. The van der Waals surface area contributed by atoms with Crippen LogP contribution in [0.15, 0.2) is 78.9 Å². The first-order valence-electron chi connectivity index (χ1n) is 7.81. The Hall–Kier alpha value is -2.58. The highest BCUT2D eigenvalue weighted by atomic mass is 35.5. The summed E-state index contributed by atoms with van der Waals surface area (Å²) in [7, 11) is 0. The van der Waals surface area contributed by atoms with Gasteiger partial charge in [0.2, 0.25) is 0 Å². The predicted octanol–water partition coefficient (Wildman–Crippen LogP) is 5.55. The zero-order valence-corrected chi connectivity index (χ0v) is 13.9. The molecule has 0 saturated carbocycles. The van der Waals surface area contributed by atoms with Crippen LogP contribution in [0.2, 0.25) is 5.02 Å². The summed E-state index contributed by atoms with van der Waals surface area (Å²) in [5.41, 5.74) is 3.30. The summed E-state index contributed by atoms with van der Waals surface area (Å²) in [6.07, 6.45) is 0.972. The molecule has 0 aliphatic carbocycles. The molecule has 3 aromatic rings. The third-order valence-corrected chi connectivity index (χ3v) is 3.98. The number of benzene rings is 3. The van der Waals surface area contributed by atoms with E-state index in [1.807, 2.05) is 78.9 Å². The van der Waals surface area contributed by atoms with E-state index in [1.165, 1.54) is 0 Å². The van der Waals surface area contributed by atoms with E-state index < -0.39 is 0 Å². The zero-order valence-electron chi connectivity index (χ0n) is 13.1. The van der Waals surface area contributed by atoms with Crippen LogP contribution in [0, 0.1) is 0 Å².